The molecule has 0 amide bonds. The van der Waals surface area contributed by atoms with Gasteiger partial charge in [0.15, 0.2) is 0 Å². The molecule has 6 nitrogen and oxygen atoms in total. The third-order valence-electron chi connectivity index (χ3n) is 6.39. The van der Waals surface area contributed by atoms with Gasteiger partial charge in [-0.1, -0.05) is 36.4 Å². The summed E-state index contributed by atoms with van der Waals surface area (Å²) in [5.41, 5.74) is 4.84. The van der Waals surface area contributed by atoms with Crippen LogP contribution in [0.5, 0.6) is 0 Å². The molecule has 5 rings (SSSR count). The second-order valence-electron chi connectivity index (χ2n) is 8.79. The standard InChI is InChI=1S/C28H26FN5O/c1-19(25-15-26(32-31-25)21-8-4-3-5-9-21)33(2)18-23-13-22-10-11-24(29)14-27(22)34(28(23)35)17-20-7-6-12-30-16-20/h3-16,19H,17-18H2,1-2H3,(H,31,32)/t19-/m0/s1. The van der Waals surface area contributed by atoms with Crippen molar-refractivity contribution in [1.82, 2.24) is 24.6 Å². The molecule has 1 N–H and O–H groups in total. The number of nitrogens with one attached hydrogen (secondary N) is 1. The van der Waals surface area contributed by atoms with E-state index >= 15 is 0 Å². The number of rotatable bonds is 7. The molecule has 0 aliphatic carbocycles. The van der Waals surface area contributed by atoms with Crippen LogP contribution in [0.2, 0.25) is 0 Å². The van der Waals surface area contributed by atoms with Crippen LogP contribution in [0.3, 0.4) is 0 Å². The molecular weight excluding hydrogens is 441 g/mol. The SMILES string of the molecule is C[C@@H](c1cc(-c2ccccc2)n[nH]1)N(C)Cc1cc2ccc(F)cc2n(Cc2cccnc2)c1=O. The average molecular weight is 468 g/mol. The van der Waals surface area contributed by atoms with Crippen LogP contribution in [-0.4, -0.2) is 31.7 Å². The summed E-state index contributed by atoms with van der Waals surface area (Å²) in [5.74, 6) is -0.371. The van der Waals surface area contributed by atoms with Gasteiger partial charge in [0.05, 0.1) is 23.4 Å². The molecule has 2 aromatic carbocycles. The number of nitrogens with zero attached hydrogens (tertiary/aromatic N) is 4. The lowest BCUT2D eigenvalue weighted by atomic mass is 10.1. The molecule has 176 valence electrons. The minimum Gasteiger partial charge on any atom is -0.303 e. The number of aromatic amines is 1. The molecule has 5 aromatic rings. The van der Waals surface area contributed by atoms with Gasteiger partial charge in [0, 0.05) is 36.1 Å². The van der Waals surface area contributed by atoms with Gasteiger partial charge in [0.25, 0.3) is 5.56 Å². The molecule has 0 aliphatic heterocycles. The van der Waals surface area contributed by atoms with Crippen LogP contribution in [0.25, 0.3) is 22.2 Å². The van der Waals surface area contributed by atoms with Gasteiger partial charge in [-0.15, -0.1) is 0 Å². The normalized spacial score (nSPS) is 12.3. The first-order valence-electron chi connectivity index (χ1n) is 11.5. The van der Waals surface area contributed by atoms with Gasteiger partial charge < -0.3 is 4.57 Å². The molecule has 0 fully saturated rings. The lowest BCUT2D eigenvalue weighted by Gasteiger charge is -2.24. The van der Waals surface area contributed by atoms with Crippen LogP contribution in [0.15, 0.2) is 90.0 Å². The van der Waals surface area contributed by atoms with E-state index in [4.69, 9.17) is 0 Å². The maximum Gasteiger partial charge on any atom is 0.255 e. The number of benzene rings is 2. The second-order valence-corrected chi connectivity index (χ2v) is 8.79. The van der Waals surface area contributed by atoms with Crippen molar-refractivity contribution in [2.45, 2.75) is 26.1 Å². The van der Waals surface area contributed by atoms with Crippen LogP contribution >= 0.6 is 0 Å². The average Bonchev–Trinajstić information content (AvgIpc) is 3.38. The first-order valence-corrected chi connectivity index (χ1v) is 11.5. The summed E-state index contributed by atoms with van der Waals surface area (Å²) in [6.07, 6.45) is 3.41. The number of hydrogen-bond donors (Lipinski definition) is 1. The number of aromatic nitrogens is 4. The topological polar surface area (TPSA) is 66.8 Å². The fourth-order valence-electron chi connectivity index (χ4n) is 4.30. The van der Waals surface area contributed by atoms with E-state index in [1.165, 1.54) is 12.1 Å². The van der Waals surface area contributed by atoms with Crippen molar-refractivity contribution >= 4 is 10.9 Å². The lowest BCUT2D eigenvalue weighted by Crippen LogP contribution is -2.30. The van der Waals surface area contributed by atoms with E-state index in [0.717, 1.165) is 27.9 Å². The predicted octanol–water partition coefficient (Wildman–Crippen LogP) is 5.17. The summed E-state index contributed by atoms with van der Waals surface area (Å²) in [6.45, 7) is 2.83. The van der Waals surface area contributed by atoms with Crippen LogP contribution in [0.1, 0.15) is 29.8 Å². The van der Waals surface area contributed by atoms with Gasteiger partial charge >= 0.3 is 0 Å². The van der Waals surface area contributed by atoms with Crippen LogP contribution in [0.4, 0.5) is 4.39 Å². The van der Waals surface area contributed by atoms with Crippen molar-refractivity contribution in [3.8, 4) is 11.3 Å². The van der Waals surface area contributed by atoms with Gasteiger partial charge in [-0.25, -0.2) is 4.39 Å². The number of fused-ring (bicyclic) bond motifs is 1. The monoisotopic (exact) mass is 467 g/mol. The third kappa shape index (κ3) is 4.76. The summed E-state index contributed by atoms with van der Waals surface area (Å²) in [4.78, 5) is 19.8. The summed E-state index contributed by atoms with van der Waals surface area (Å²) < 4.78 is 15.7. The minimum atomic E-state index is -0.371. The van der Waals surface area contributed by atoms with Crippen molar-refractivity contribution in [1.29, 1.82) is 0 Å². The molecule has 0 saturated heterocycles. The van der Waals surface area contributed by atoms with Gasteiger partial charge in [0.2, 0.25) is 0 Å². The van der Waals surface area contributed by atoms with Gasteiger partial charge in [-0.05, 0) is 61.3 Å². The highest BCUT2D eigenvalue weighted by molar-refractivity contribution is 5.79. The zero-order valence-electron chi connectivity index (χ0n) is 19.6. The Labute approximate surface area is 202 Å². The van der Waals surface area contributed by atoms with Gasteiger partial charge in [-0.2, -0.15) is 5.10 Å². The van der Waals surface area contributed by atoms with E-state index < -0.39 is 0 Å². The van der Waals surface area contributed by atoms with Crippen molar-refractivity contribution in [3.63, 3.8) is 0 Å². The summed E-state index contributed by atoms with van der Waals surface area (Å²) >= 11 is 0. The predicted molar refractivity (Wildman–Crippen MR) is 135 cm³/mol. The maximum absolute atomic E-state index is 14.1. The Morgan fingerprint density at radius 2 is 1.89 bits per heavy atom. The number of H-pyrrole nitrogens is 1. The van der Waals surface area contributed by atoms with E-state index in [0.29, 0.717) is 24.2 Å². The second kappa shape index (κ2) is 9.64. The molecule has 0 bridgehead atoms. The zero-order valence-corrected chi connectivity index (χ0v) is 19.6. The van der Waals surface area contributed by atoms with Gasteiger partial charge in [0.1, 0.15) is 5.82 Å². The Hall–Kier alpha value is -4.10. The molecular formula is C28H26FN5O. The van der Waals surface area contributed by atoms with Crippen LogP contribution < -0.4 is 5.56 Å². The molecule has 3 aromatic heterocycles. The molecule has 0 aliphatic rings. The number of pyridine rings is 2. The first kappa shape index (κ1) is 22.7. The van der Waals surface area contributed by atoms with Gasteiger partial charge in [-0.3, -0.25) is 19.8 Å². The lowest BCUT2D eigenvalue weighted by molar-refractivity contribution is 0.247. The quantitative estimate of drug-likeness (QED) is 0.359. The highest BCUT2D eigenvalue weighted by Crippen LogP contribution is 2.24. The highest BCUT2D eigenvalue weighted by atomic mass is 19.1. The first-order chi connectivity index (χ1) is 17.0. The van der Waals surface area contributed by atoms with E-state index in [9.17, 15) is 9.18 Å². The molecule has 3 heterocycles. The van der Waals surface area contributed by atoms with Crippen molar-refractivity contribution < 1.29 is 4.39 Å². The molecule has 0 spiro atoms. The Morgan fingerprint density at radius 1 is 1.06 bits per heavy atom. The largest absolute Gasteiger partial charge is 0.303 e. The Morgan fingerprint density at radius 3 is 2.66 bits per heavy atom. The zero-order chi connectivity index (χ0) is 24.4. The Balaban J connectivity index is 1.46. The van der Waals surface area contributed by atoms with Crippen molar-refractivity contribution in [2.75, 3.05) is 7.05 Å². The molecule has 0 saturated carbocycles. The fraction of sp³-hybridized carbons (Fsp3) is 0.179. The molecule has 35 heavy (non-hydrogen) atoms. The summed E-state index contributed by atoms with van der Waals surface area (Å²) in [6, 6.07) is 22.2. The minimum absolute atomic E-state index is 0.00458. The summed E-state index contributed by atoms with van der Waals surface area (Å²) in [5, 5.41) is 8.43. The summed E-state index contributed by atoms with van der Waals surface area (Å²) in [7, 11) is 1.98. The highest BCUT2D eigenvalue weighted by Gasteiger charge is 2.18. The van der Waals surface area contributed by atoms with E-state index in [-0.39, 0.29) is 17.4 Å². The Kier molecular flexibility index (Phi) is 6.25. The van der Waals surface area contributed by atoms with Crippen molar-refractivity contribution in [2.24, 2.45) is 0 Å². The molecule has 7 heteroatoms. The number of halogens is 1. The number of hydrogen-bond acceptors (Lipinski definition) is 4. The van der Waals surface area contributed by atoms with Crippen LogP contribution in [-0.2, 0) is 13.1 Å². The van der Waals surface area contributed by atoms with Crippen LogP contribution in [0, 0.1) is 5.82 Å². The smallest absolute Gasteiger partial charge is 0.255 e. The molecule has 1 atom stereocenters. The third-order valence-corrected chi connectivity index (χ3v) is 6.39. The van der Waals surface area contributed by atoms with Crippen molar-refractivity contribution in [3.05, 3.63) is 118 Å². The Bertz CT molecular complexity index is 1510. The van der Waals surface area contributed by atoms with E-state index in [1.807, 2.05) is 61.6 Å². The maximum atomic E-state index is 14.1. The fourth-order valence-corrected chi connectivity index (χ4v) is 4.30. The molecule has 0 radical (unpaired) electrons. The van der Waals surface area contributed by atoms with E-state index in [1.54, 1.807) is 23.0 Å². The van der Waals surface area contributed by atoms with E-state index in [2.05, 4.69) is 27.0 Å². The molecule has 0 unspecified atom stereocenters.